The number of halogens is 3. The average Bonchev–Trinajstić information content (AvgIpc) is 3.22. The second-order valence-electron chi connectivity index (χ2n) is 7.88. The Hall–Kier alpha value is -2.52. The Morgan fingerprint density at radius 1 is 1.09 bits per heavy atom. The minimum absolute atomic E-state index is 0.0355. The van der Waals surface area contributed by atoms with Crippen molar-refractivity contribution in [3.63, 3.8) is 0 Å². The maximum atomic E-state index is 12.8. The molecule has 1 heterocycles. The monoisotopic (exact) mass is 551 g/mol. The van der Waals surface area contributed by atoms with E-state index in [0.717, 1.165) is 0 Å². The molecular formula is C24H24Cl3N5O2S. The van der Waals surface area contributed by atoms with Crippen LogP contribution < -0.4 is 10.6 Å². The van der Waals surface area contributed by atoms with Crippen molar-refractivity contribution in [1.82, 2.24) is 20.1 Å². The van der Waals surface area contributed by atoms with E-state index in [1.54, 1.807) is 18.2 Å². The van der Waals surface area contributed by atoms with Crippen LogP contribution in [0.3, 0.4) is 0 Å². The number of nitrogens with zero attached hydrogens (tertiary/aromatic N) is 3. The minimum atomic E-state index is -0.395. The first kappa shape index (κ1) is 27.1. The van der Waals surface area contributed by atoms with Gasteiger partial charge in [0.2, 0.25) is 5.91 Å². The first-order valence-electron chi connectivity index (χ1n) is 10.7. The second-order valence-corrected chi connectivity index (χ2v) is 10.0. The van der Waals surface area contributed by atoms with Crippen molar-refractivity contribution >= 4 is 64.1 Å². The van der Waals surface area contributed by atoms with Crippen molar-refractivity contribution < 1.29 is 9.59 Å². The third-order valence-electron chi connectivity index (χ3n) is 4.94. The number of carbonyl (C=O) groups is 2. The average molecular weight is 553 g/mol. The van der Waals surface area contributed by atoms with E-state index in [1.807, 2.05) is 36.6 Å². The molecule has 0 bridgehead atoms. The number of anilines is 1. The topological polar surface area (TPSA) is 88.9 Å². The number of amides is 2. The SMILES string of the molecule is C=CCn1c(SCC(=O)Nc2cc(Cl)c(Cl)cc2Cl)nnc1[C@@H](NC(=O)c1ccccc1)C(C)C. The highest BCUT2D eigenvalue weighted by atomic mass is 35.5. The summed E-state index contributed by atoms with van der Waals surface area (Å²) >= 11 is 19.3. The predicted octanol–water partition coefficient (Wildman–Crippen LogP) is 6.28. The number of nitrogens with one attached hydrogen (secondary N) is 2. The highest BCUT2D eigenvalue weighted by Crippen LogP contribution is 2.32. The Labute approximate surface area is 223 Å². The molecule has 0 fully saturated rings. The van der Waals surface area contributed by atoms with Crippen molar-refractivity contribution in [1.29, 1.82) is 0 Å². The predicted molar refractivity (Wildman–Crippen MR) is 143 cm³/mol. The molecule has 7 nitrogen and oxygen atoms in total. The molecule has 11 heteroatoms. The molecule has 0 radical (unpaired) electrons. The number of rotatable bonds is 10. The van der Waals surface area contributed by atoms with Gasteiger partial charge in [-0.3, -0.25) is 9.59 Å². The highest BCUT2D eigenvalue weighted by molar-refractivity contribution is 7.99. The molecule has 184 valence electrons. The number of hydrogen-bond acceptors (Lipinski definition) is 5. The molecule has 0 aliphatic heterocycles. The van der Waals surface area contributed by atoms with E-state index in [0.29, 0.717) is 33.8 Å². The molecule has 2 N–H and O–H groups in total. The quantitative estimate of drug-likeness (QED) is 0.175. The fraction of sp³-hybridized carbons (Fsp3) is 0.250. The molecule has 0 aliphatic carbocycles. The van der Waals surface area contributed by atoms with Gasteiger partial charge in [0.15, 0.2) is 11.0 Å². The standard InChI is InChI=1S/C24H24Cl3N5O2S/c1-4-10-32-22(21(14(2)3)29-23(34)15-8-6-5-7-9-15)30-31-24(32)35-13-20(33)28-19-12-17(26)16(25)11-18(19)27/h4-9,11-12,14,21H,1,10,13H2,2-3H3,(H,28,33)(H,29,34)/t21-/m0/s1. The Morgan fingerprint density at radius 3 is 2.43 bits per heavy atom. The molecule has 0 saturated heterocycles. The second kappa shape index (κ2) is 12.4. The van der Waals surface area contributed by atoms with Crippen LogP contribution in [0.2, 0.25) is 15.1 Å². The number of aromatic nitrogens is 3. The van der Waals surface area contributed by atoms with Crippen LogP contribution in [0.1, 0.15) is 36.1 Å². The molecule has 1 atom stereocenters. The van der Waals surface area contributed by atoms with E-state index < -0.39 is 6.04 Å². The molecule has 2 amide bonds. The summed E-state index contributed by atoms with van der Waals surface area (Å²) in [6, 6.07) is 11.5. The Bertz CT molecular complexity index is 1220. The van der Waals surface area contributed by atoms with Crippen molar-refractivity contribution in [3.05, 3.63) is 81.6 Å². The zero-order valence-electron chi connectivity index (χ0n) is 19.1. The Kier molecular flexibility index (Phi) is 9.63. The number of thioether (sulfide) groups is 1. The van der Waals surface area contributed by atoms with Crippen LogP contribution >= 0.6 is 46.6 Å². The maximum Gasteiger partial charge on any atom is 0.251 e. The number of hydrogen-bond donors (Lipinski definition) is 2. The van der Waals surface area contributed by atoms with Gasteiger partial charge in [-0.2, -0.15) is 0 Å². The van der Waals surface area contributed by atoms with Gasteiger partial charge in [0.05, 0.1) is 32.5 Å². The highest BCUT2D eigenvalue weighted by Gasteiger charge is 2.26. The summed E-state index contributed by atoms with van der Waals surface area (Å²) in [5.74, 6) is 0.162. The largest absolute Gasteiger partial charge is 0.342 e. The van der Waals surface area contributed by atoms with E-state index in [4.69, 9.17) is 34.8 Å². The van der Waals surface area contributed by atoms with Crippen LogP contribution in [-0.2, 0) is 11.3 Å². The zero-order valence-corrected chi connectivity index (χ0v) is 22.2. The zero-order chi connectivity index (χ0) is 25.5. The van der Waals surface area contributed by atoms with E-state index in [2.05, 4.69) is 27.4 Å². The third-order valence-corrected chi connectivity index (χ3v) is 6.94. The smallest absolute Gasteiger partial charge is 0.251 e. The molecule has 35 heavy (non-hydrogen) atoms. The Morgan fingerprint density at radius 2 is 1.77 bits per heavy atom. The van der Waals surface area contributed by atoms with Gasteiger partial charge in [-0.1, -0.05) is 84.7 Å². The summed E-state index contributed by atoms with van der Waals surface area (Å²) in [5, 5.41) is 15.8. The van der Waals surface area contributed by atoms with Crippen molar-refractivity contribution in [3.8, 4) is 0 Å². The van der Waals surface area contributed by atoms with Crippen LogP contribution in [0.5, 0.6) is 0 Å². The summed E-state index contributed by atoms with van der Waals surface area (Å²) in [5.41, 5.74) is 0.920. The van der Waals surface area contributed by atoms with Crippen LogP contribution in [0.15, 0.2) is 60.3 Å². The number of carbonyl (C=O) groups excluding carboxylic acids is 2. The van der Waals surface area contributed by atoms with Gasteiger partial charge in [-0.05, 0) is 30.2 Å². The molecule has 0 spiro atoms. The third kappa shape index (κ3) is 7.01. The van der Waals surface area contributed by atoms with Crippen molar-refractivity contribution in [2.24, 2.45) is 5.92 Å². The molecule has 0 saturated carbocycles. The van der Waals surface area contributed by atoms with E-state index >= 15 is 0 Å². The lowest BCUT2D eigenvalue weighted by Gasteiger charge is -2.22. The van der Waals surface area contributed by atoms with Crippen molar-refractivity contribution in [2.45, 2.75) is 31.6 Å². The lowest BCUT2D eigenvalue weighted by atomic mass is 10.0. The summed E-state index contributed by atoms with van der Waals surface area (Å²) in [4.78, 5) is 25.3. The Balaban J connectivity index is 1.75. The van der Waals surface area contributed by atoms with E-state index in [-0.39, 0.29) is 33.5 Å². The van der Waals surface area contributed by atoms with Crippen molar-refractivity contribution in [2.75, 3.05) is 11.1 Å². The van der Waals surface area contributed by atoms with Gasteiger partial charge in [-0.15, -0.1) is 16.8 Å². The van der Waals surface area contributed by atoms with Crippen LogP contribution in [-0.4, -0.2) is 32.3 Å². The summed E-state index contributed by atoms with van der Waals surface area (Å²) in [7, 11) is 0. The van der Waals surface area contributed by atoms with Gasteiger partial charge in [0, 0.05) is 12.1 Å². The van der Waals surface area contributed by atoms with Crippen LogP contribution in [0.4, 0.5) is 5.69 Å². The summed E-state index contributed by atoms with van der Waals surface area (Å²) < 4.78 is 1.84. The molecule has 2 aromatic carbocycles. The molecule has 0 unspecified atom stereocenters. The van der Waals surface area contributed by atoms with E-state index in [1.165, 1.54) is 23.9 Å². The summed E-state index contributed by atoms with van der Waals surface area (Å²) in [6.45, 7) is 8.21. The first-order chi connectivity index (χ1) is 16.7. The van der Waals surface area contributed by atoms with E-state index in [9.17, 15) is 9.59 Å². The van der Waals surface area contributed by atoms with Gasteiger partial charge >= 0.3 is 0 Å². The molecular weight excluding hydrogens is 529 g/mol. The lowest BCUT2D eigenvalue weighted by molar-refractivity contribution is -0.113. The lowest BCUT2D eigenvalue weighted by Crippen LogP contribution is -2.33. The molecule has 3 rings (SSSR count). The van der Waals surface area contributed by atoms with Crippen LogP contribution in [0.25, 0.3) is 0 Å². The molecule has 1 aromatic heterocycles. The summed E-state index contributed by atoms with van der Waals surface area (Å²) in [6.07, 6.45) is 1.71. The molecule has 3 aromatic rings. The van der Waals surface area contributed by atoms with Gasteiger partial charge in [-0.25, -0.2) is 0 Å². The fourth-order valence-electron chi connectivity index (χ4n) is 3.22. The number of allylic oxidation sites excluding steroid dienone is 1. The fourth-order valence-corrected chi connectivity index (χ4v) is 4.56. The molecule has 0 aliphatic rings. The minimum Gasteiger partial charge on any atom is -0.342 e. The number of benzene rings is 2. The first-order valence-corrected chi connectivity index (χ1v) is 12.8. The van der Waals surface area contributed by atoms with Gasteiger partial charge in [0.25, 0.3) is 5.91 Å². The normalized spacial score (nSPS) is 11.8. The van der Waals surface area contributed by atoms with Gasteiger partial charge < -0.3 is 15.2 Å². The van der Waals surface area contributed by atoms with Crippen LogP contribution in [0, 0.1) is 5.92 Å². The maximum absolute atomic E-state index is 12.8. The van der Waals surface area contributed by atoms with Gasteiger partial charge in [0.1, 0.15) is 0 Å².